The predicted molar refractivity (Wildman–Crippen MR) is 120 cm³/mol. The zero-order valence-corrected chi connectivity index (χ0v) is 17.9. The van der Waals surface area contributed by atoms with Crippen LogP contribution in [0.25, 0.3) is 11.0 Å². The third-order valence-electron chi connectivity index (χ3n) is 5.44. The summed E-state index contributed by atoms with van der Waals surface area (Å²) in [5.41, 5.74) is 4.95. The van der Waals surface area contributed by atoms with E-state index in [-0.39, 0.29) is 5.91 Å². The van der Waals surface area contributed by atoms with Gasteiger partial charge in [-0.1, -0.05) is 63.6 Å². The number of nitrogens with one attached hydrogen (secondary N) is 1. The summed E-state index contributed by atoms with van der Waals surface area (Å²) >= 11 is 0. The Balaban J connectivity index is 1.67. The second kappa shape index (κ2) is 10.2. The molecule has 4 heteroatoms. The molecular formula is C25H33N3O. The number of carbonyl (C=O) groups is 1. The van der Waals surface area contributed by atoms with Gasteiger partial charge in [-0.15, -0.1) is 0 Å². The molecule has 29 heavy (non-hydrogen) atoms. The fourth-order valence-corrected chi connectivity index (χ4v) is 3.62. The highest BCUT2D eigenvalue weighted by atomic mass is 16.1. The van der Waals surface area contributed by atoms with Gasteiger partial charge in [0.1, 0.15) is 5.82 Å². The molecule has 1 heterocycles. The second-order valence-corrected chi connectivity index (χ2v) is 8.01. The van der Waals surface area contributed by atoms with Crippen molar-refractivity contribution in [3.63, 3.8) is 0 Å². The van der Waals surface area contributed by atoms with Crippen molar-refractivity contribution in [3.8, 4) is 0 Å². The Morgan fingerprint density at radius 3 is 2.52 bits per heavy atom. The standard InChI is InChI=1S/C25H33N3O/c1-4-25(29)26-17-9-5-6-12-24-27-22-10-7-8-11-23(22)28(24)18-20-13-15-21(16-14-20)19(2)3/h7-8,10-11,13-16,19H,4-6,9,12,17-18H2,1-3H3,(H,26,29). The van der Waals surface area contributed by atoms with Gasteiger partial charge in [-0.25, -0.2) is 4.98 Å². The molecule has 0 bridgehead atoms. The third kappa shape index (κ3) is 5.69. The Morgan fingerprint density at radius 2 is 1.79 bits per heavy atom. The van der Waals surface area contributed by atoms with E-state index in [0.29, 0.717) is 12.3 Å². The summed E-state index contributed by atoms with van der Waals surface area (Å²) in [5, 5.41) is 2.95. The average Bonchev–Trinajstić information content (AvgIpc) is 3.08. The van der Waals surface area contributed by atoms with Gasteiger partial charge in [-0.2, -0.15) is 0 Å². The van der Waals surface area contributed by atoms with Crippen LogP contribution in [0, 0.1) is 0 Å². The van der Waals surface area contributed by atoms with Crippen LogP contribution in [-0.4, -0.2) is 22.0 Å². The Labute approximate surface area is 174 Å². The minimum atomic E-state index is 0.135. The van der Waals surface area contributed by atoms with Crippen LogP contribution in [0.15, 0.2) is 48.5 Å². The average molecular weight is 392 g/mol. The molecule has 0 aliphatic heterocycles. The van der Waals surface area contributed by atoms with Crippen LogP contribution in [0.2, 0.25) is 0 Å². The van der Waals surface area contributed by atoms with Crippen LogP contribution in [-0.2, 0) is 17.8 Å². The number of benzene rings is 2. The highest BCUT2D eigenvalue weighted by Gasteiger charge is 2.11. The first-order valence-electron chi connectivity index (χ1n) is 10.9. The molecule has 0 saturated carbocycles. The fraction of sp³-hybridized carbons (Fsp3) is 0.440. The van der Waals surface area contributed by atoms with Gasteiger partial charge in [-0.05, 0) is 42.0 Å². The zero-order chi connectivity index (χ0) is 20.6. The van der Waals surface area contributed by atoms with E-state index in [1.54, 1.807) is 0 Å². The number of fused-ring (bicyclic) bond motifs is 1. The van der Waals surface area contributed by atoms with E-state index in [1.165, 1.54) is 16.6 Å². The summed E-state index contributed by atoms with van der Waals surface area (Å²) in [6.45, 7) is 7.95. The molecule has 3 rings (SSSR count). The lowest BCUT2D eigenvalue weighted by Crippen LogP contribution is -2.23. The lowest BCUT2D eigenvalue weighted by Gasteiger charge is -2.11. The van der Waals surface area contributed by atoms with Gasteiger partial charge in [0.15, 0.2) is 0 Å². The van der Waals surface area contributed by atoms with Gasteiger partial charge >= 0.3 is 0 Å². The van der Waals surface area contributed by atoms with Crippen molar-refractivity contribution in [2.45, 2.75) is 65.3 Å². The van der Waals surface area contributed by atoms with Crippen molar-refractivity contribution >= 4 is 16.9 Å². The molecular weight excluding hydrogens is 358 g/mol. The molecule has 3 aromatic rings. The van der Waals surface area contributed by atoms with Gasteiger partial charge in [-0.3, -0.25) is 4.79 Å². The summed E-state index contributed by atoms with van der Waals surface area (Å²) in [4.78, 5) is 16.2. The molecule has 0 aliphatic rings. The topological polar surface area (TPSA) is 46.9 Å². The monoisotopic (exact) mass is 391 g/mol. The number of para-hydroxylation sites is 2. The van der Waals surface area contributed by atoms with Crippen LogP contribution in [0.5, 0.6) is 0 Å². The molecule has 0 spiro atoms. The van der Waals surface area contributed by atoms with Gasteiger partial charge in [0.2, 0.25) is 5.91 Å². The van der Waals surface area contributed by atoms with Gasteiger partial charge < -0.3 is 9.88 Å². The summed E-state index contributed by atoms with van der Waals surface area (Å²) < 4.78 is 2.36. The molecule has 0 fully saturated rings. The van der Waals surface area contributed by atoms with E-state index in [1.807, 2.05) is 6.92 Å². The molecule has 1 N–H and O–H groups in total. The Bertz CT molecular complexity index is 925. The van der Waals surface area contributed by atoms with Crippen LogP contribution < -0.4 is 5.32 Å². The molecule has 1 amide bonds. The van der Waals surface area contributed by atoms with Crippen LogP contribution >= 0.6 is 0 Å². The van der Waals surface area contributed by atoms with Gasteiger partial charge in [0, 0.05) is 25.9 Å². The number of rotatable bonds is 10. The Morgan fingerprint density at radius 1 is 1.03 bits per heavy atom. The van der Waals surface area contributed by atoms with Crippen LogP contribution in [0.4, 0.5) is 0 Å². The number of aryl methyl sites for hydroxylation is 1. The lowest BCUT2D eigenvalue weighted by atomic mass is 10.0. The number of imidazole rings is 1. The number of carbonyl (C=O) groups excluding carboxylic acids is 1. The third-order valence-corrected chi connectivity index (χ3v) is 5.44. The van der Waals surface area contributed by atoms with Crippen molar-refractivity contribution in [1.82, 2.24) is 14.9 Å². The molecule has 0 saturated heterocycles. The van der Waals surface area contributed by atoms with Gasteiger partial charge in [0.05, 0.1) is 11.0 Å². The second-order valence-electron chi connectivity index (χ2n) is 8.01. The maximum absolute atomic E-state index is 11.3. The number of amides is 1. The summed E-state index contributed by atoms with van der Waals surface area (Å²) in [7, 11) is 0. The maximum atomic E-state index is 11.3. The number of unbranched alkanes of at least 4 members (excludes halogenated alkanes) is 2. The Kier molecular flexibility index (Phi) is 7.45. The molecule has 4 nitrogen and oxygen atoms in total. The molecule has 0 aliphatic carbocycles. The van der Waals surface area contributed by atoms with E-state index in [4.69, 9.17) is 4.98 Å². The first-order chi connectivity index (χ1) is 14.1. The first-order valence-corrected chi connectivity index (χ1v) is 10.9. The van der Waals surface area contributed by atoms with E-state index >= 15 is 0 Å². The number of aromatic nitrogens is 2. The van der Waals surface area contributed by atoms with E-state index in [2.05, 4.69) is 72.3 Å². The van der Waals surface area contributed by atoms with E-state index < -0.39 is 0 Å². The van der Waals surface area contributed by atoms with E-state index in [9.17, 15) is 4.79 Å². The summed E-state index contributed by atoms with van der Waals surface area (Å²) in [5.74, 6) is 1.84. The predicted octanol–water partition coefficient (Wildman–Crippen LogP) is 5.45. The highest BCUT2D eigenvalue weighted by molar-refractivity contribution is 5.76. The summed E-state index contributed by atoms with van der Waals surface area (Å²) in [6.07, 6.45) is 4.71. The molecule has 0 atom stereocenters. The van der Waals surface area contributed by atoms with Crippen molar-refractivity contribution in [3.05, 3.63) is 65.5 Å². The van der Waals surface area contributed by atoms with Crippen LogP contribution in [0.3, 0.4) is 0 Å². The maximum Gasteiger partial charge on any atom is 0.219 e. The molecule has 0 radical (unpaired) electrons. The normalized spacial score (nSPS) is 11.3. The minimum absolute atomic E-state index is 0.135. The first kappa shape index (κ1) is 21.1. The number of hydrogen-bond donors (Lipinski definition) is 1. The van der Waals surface area contributed by atoms with Gasteiger partial charge in [0.25, 0.3) is 0 Å². The lowest BCUT2D eigenvalue weighted by molar-refractivity contribution is -0.120. The number of nitrogens with zero attached hydrogens (tertiary/aromatic N) is 2. The quantitative estimate of drug-likeness (QED) is 0.467. The fourth-order valence-electron chi connectivity index (χ4n) is 3.62. The highest BCUT2D eigenvalue weighted by Crippen LogP contribution is 2.21. The van der Waals surface area contributed by atoms with Crippen molar-refractivity contribution in [2.75, 3.05) is 6.54 Å². The van der Waals surface area contributed by atoms with Crippen molar-refractivity contribution in [2.24, 2.45) is 0 Å². The zero-order valence-electron chi connectivity index (χ0n) is 17.9. The smallest absolute Gasteiger partial charge is 0.219 e. The number of hydrogen-bond acceptors (Lipinski definition) is 2. The van der Waals surface area contributed by atoms with E-state index in [0.717, 1.165) is 50.1 Å². The Hall–Kier alpha value is -2.62. The van der Waals surface area contributed by atoms with Crippen molar-refractivity contribution in [1.29, 1.82) is 0 Å². The largest absolute Gasteiger partial charge is 0.356 e. The van der Waals surface area contributed by atoms with Crippen LogP contribution in [0.1, 0.15) is 69.3 Å². The summed E-state index contributed by atoms with van der Waals surface area (Å²) in [6, 6.07) is 17.4. The SMILES string of the molecule is CCC(=O)NCCCCCc1nc2ccccc2n1Cc1ccc(C(C)C)cc1. The molecule has 154 valence electrons. The molecule has 0 unspecified atom stereocenters. The molecule has 2 aromatic carbocycles. The molecule has 1 aromatic heterocycles. The minimum Gasteiger partial charge on any atom is -0.356 e. The van der Waals surface area contributed by atoms with Crippen molar-refractivity contribution < 1.29 is 4.79 Å².